The molecule has 90 valence electrons. The van der Waals surface area contributed by atoms with Crippen LogP contribution in [0.1, 0.15) is 27.2 Å². The van der Waals surface area contributed by atoms with Gasteiger partial charge in [0.05, 0.1) is 17.1 Å². The molecule has 0 aliphatic carbocycles. The van der Waals surface area contributed by atoms with Gasteiger partial charge in [0.2, 0.25) is 8.32 Å². The molecule has 0 N–H and O–H groups in total. The lowest BCUT2D eigenvalue weighted by molar-refractivity contribution is 0.367. The molecule has 2 nitrogen and oxygen atoms in total. The van der Waals surface area contributed by atoms with Crippen LogP contribution in [0.5, 0.6) is 0 Å². The van der Waals surface area contributed by atoms with E-state index in [0.29, 0.717) is 0 Å². The average molecular weight is 255 g/mol. The first-order valence-electron chi connectivity index (χ1n) is 5.65. The van der Waals surface area contributed by atoms with Crippen molar-refractivity contribution in [2.24, 2.45) is 0 Å². The van der Waals surface area contributed by atoms with E-state index in [-0.39, 0.29) is 10.3 Å². The van der Waals surface area contributed by atoms with Crippen LogP contribution in [-0.4, -0.2) is 19.3 Å². The van der Waals surface area contributed by atoms with E-state index in [2.05, 4.69) is 46.0 Å². The molecule has 0 fully saturated rings. The van der Waals surface area contributed by atoms with Gasteiger partial charge in [0, 0.05) is 12.2 Å². The largest absolute Gasteiger partial charge is 0.547 e. The van der Waals surface area contributed by atoms with Crippen molar-refractivity contribution in [1.29, 1.82) is 5.26 Å². The second-order valence-corrected chi connectivity index (χ2v) is 11.6. The molecule has 1 heterocycles. The first kappa shape index (κ1) is 13.7. The van der Waals surface area contributed by atoms with Gasteiger partial charge >= 0.3 is 0 Å². The van der Waals surface area contributed by atoms with Crippen molar-refractivity contribution in [3.05, 3.63) is 11.8 Å². The van der Waals surface area contributed by atoms with Gasteiger partial charge in [0.15, 0.2) is 0 Å². The van der Waals surface area contributed by atoms with E-state index in [4.69, 9.17) is 9.69 Å². The Morgan fingerprint density at radius 2 is 2.12 bits per heavy atom. The molecular weight excluding hydrogens is 234 g/mol. The zero-order valence-corrected chi connectivity index (χ0v) is 12.6. The van der Waals surface area contributed by atoms with Gasteiger partial charge in [-0.15, -0.1) is 11.8 Å². The lowest BCUT2D eigenvalue weighted by atomic mass is 10.2. The van der Waals surface area contributed by atoms with Gasteiger partial charge in [-0.05, 0) is 24.2 Å². The third kappa shape index (κ3) is 3.29. The molecule has 0 radical (unpaired) electrons. The zero-order valence-electron chi connectivity index (χ0n) is 10.8. The molecule has 0 aromatic heterocycles. The molecule has 0 saturated heterocycles. The molecule has 4 heteroatoms. The van der Waals surface area contributed by atoms with Crippen LogP contribution in [0.3, 0.4) is 0 Å². The number of rotatable bonds is 2. The summed E-state index contributed by atoms with van der Waals surface area (Å²) in [6.45, 7) is 11.2. The van der Waals surface area contributed by atoms with Gasteiger partial charge in [-0.2, -0.15) is 5.26 Å². The minimum atomic E-state index is -1.72. The fourth-order valence-electron chi connectivity index (χ4n) is 1.23. The molecule has 1 aliphatic rings. The fraction of sp³-hybridized carbons (Fsp3) is 0.750. The number of nitriles is 1. The Morgan fingerprint density at radius 1 is 1.50 bits per heavy atom. The second-order valence-electron chi connectivity index (χ2n) is 5.69. The van der Waals surface area contributed by atoms with Crippen molar-refractivity contribution in [3.8, 4) is 6.07 Å². The summed E-state index contributed by atoms with van der Waals surface area (Å²) >= 11 is 1.70. The molecule has 0 aromatic rings. The average Bonchev–Trinajstić information content (AvgIpc) is 2.15. The minimum Gasteiger partial charge on any atom is -0.547 e. The van der Waals surface area contributed by atoms with Crippen LogP contribution < -0.4 is 0 Å². The standard InChI is InChI=1S/C12H21NOSSi/c1-12(2,3)16(4,5)14-10-6-7-15-11(8-10)9-13/h6,11H,7-8H2,1-5H3/t11-/m1/s1. The first-order valence-corrected chi connectivity index (χ1v) is 9.61. The molecule has 16 heavy (non-hydrogen) atoms. The van der Waals surface area contributed by atoms with Gasteiger partial charge in [-0.1, -0.05) is 20.8 Å². The van der Waals surface area contributed by atoms with Crippen LogP contribution in [0.25, 0.3) is 0 Å². The monoisotopic (exact) mass is 255 g/mol. The third-order valence-electron chi connectivity index (χ3n) is 3.33. The van der Waals surface area contributed by atoms with E-state index in [1.165, 1.54) is 0 Å². The van der Waals surface area contributed by atoms with Gasteiger partial charge in [0.1, 0.15) is 0 Å². The van der Waals surface area contributed by atoms with Crippen molar-refractivity contribution < 1.29 is 4.43 Å². The molecule has 1 rings (SSSR count). The van der Waals surface area contributed by atoms with E-state index >= 15 is 0 Å². The third-order valence-corrected chi connectivity index (χ3v) is 8.75. The highest BCUT2D eigenvalue weighted by Gasteiger charge is 2.39. The topological polar surface area (TPSA) is 33.0 Å². The highest BCUT2D eigenvalue weighted by atomic mass is 32.2. The van der Waals surface area contributed by atoms with Crippen LogP contribution >= 0.6 is 11.8 Å². The first-order chi connectivity index (χ1) is 7.26. The summed E-state index contributed by atoms with van der Waals surface area (Å²) in [5, 5.41) is 9.22. The zero-order chi connectivity index (χ0) is 12.4. The number of thioether (sulfide) groups is 1. The Bertz CT molecular complexity index is 325. The van der Waals surface area contributed by atoms with Crippen LogP contribution in [0, 0.1) is 11.3 Å². The van der Waals surface area contributed by atoms with Gasteiger partial charge in [-0.25, -0.2) is 0 Å². The van der Waals surface area contributed by atoms with Crippen molar-refractivity contribution in [3.63, 3.8) is 0 Å². The van der Waals surface area contributed by atoms with Crippen molar-refractivity contribution in [1.82, 2.24) is 0 Å². The van der Waals surface area contributed by atoms with Crippen LogP contribution in [0.15, 0.2) is 11.8 Å². The van der Waals surface area contributed by atoms with Crippen molar-refractivity contribution in [2.75, 3.05) is 5.75 Å². The van der Waals surface area contributed by atoms with Gasteiger partial charge in [-0.3, -0.25) is 0 Å². The molecule has 1 aliphatic heterocycles. The van der Waals surface area contributed by atoms with Crippen LogP contribution in [0.2, 0.25) is 18.1 Å². The SMILES string of the molecule is CC(C)(C)[Si](C)(C)OC1=CCS[C@@H](C#N)C1. The van der Waals surface area contributed by atoms with E-state index in [0.717, 1.165) is 17.9 Å². The quantitative estimate of drug-likeness (QED) is 0.701. The maximum Gasteiger partial charge on any atom is 0.250 e. The molecule has 0 amide bonds. The Hall–Kier alpha value is -0.403. The summed E-state index contributed by atoms with van der Waals surface area (Å²) in [5.74, 6) is 1.94. The van der Waals surface area contributed by atoms with Crippen LogP contribution in [-0.2, 0) is 4.43 Å². The molecule has 0 spiro atoms. The van der Waals surface area contributed by atoms with Crippen molar-refractivity contribution >= 4 is 20.1 Å². The molecule has 0 aromatic carbocycles. The minimum absolute atomic E-state index is 0.0739. The smallest absolute Gasteiger partial charge is 0.250 e. The fourth-order valence-corrected chi connectivity index (χ4v) is 3.23. The number of allylic oxidation sites excluding steroid dienone is 1. The summed E-state index contributed by atoms with van der Waals surface area (Å²) in [7, 11) is -1.72. The number of hydrogen-bond donors (Lipinski definition) is 0. The predicted octanol–water partition coefficient (Wildman–Crippen LogP) is 3.92. The summed E-state index contributed by atoms with van der Waals surface area (Å²) in [4.78, 5) is 0. The van der Waals surface area contributed by atoms with E-state index in [9.17, 15) is 0 Å². The lowest BCUT2D eigenvalue weighted by Crippen LogP contribution is -2.40. The lowest BCUT2D eigenvalue weighted by Gasteiger charge is -2.38. The Balaban J connectivity index is 2.69. The summed E-state index contributed by atoms with van der Waals surface area (Å²) in [5.41, 5.74) is 0. The normalized spacial score (nSPS) is 22.2. The Morgan fingerprint density at radius 3 is 2.62 bits per heavy atom. The maximum absolute atomic E-state index is 8.92. The highest BCUT2D eigenvalue weighted by Crippen LogP contribution is 2.39. The van der Waals surface area contributed by atoms with E-state index in [1.807, 2.05) is 0 Å². The van der Waals surface area contributed by atoms with Crippen LogP contribution in [0.4, 0.5) is 0 Å². The number of hydrogen-bond acceptors (Lipinski definition) is 3. The molecular formula is C12H21NOSSi. The highest BCUT2D eigenvalue weighted by molar-refractivity contribution is 8.00. The van der Waals surface area contributed by atoms with E-state index in [1.54, 1.807) is 11.8 Å². The number of nitrogens with zero attached hydrogens (tertiary/aromatic N) is 1. The predicted molar refractivity (Wildman–Crippen MR) is 72.8 cm³/mol. The molecule has 1 atom stereocenters. The summed E-state index contributed by atoms with van der Waals surface area (Å²) in [6.07, 6.45) is 2.91. The van der Waals surface area contributed by atoms with Crippen molar-refractivity contribution in [2.45, 2.75) is 50.6 Å². The maximum atomic E-state index is 8.92. The molecule has 0 saturated carbocycles. The second kappa shape index (κ2) is 4.85. The summed E-state index contributed by atoms with van der Waals surface area (Å²) < 4.78 is 6.21. The summed E-state index contributed by atoms with van der Waals surface area (Å²) in [6, 6.07) is 2.32. The Labute approximate surface area is 104 Å². The van der Waals surface area contributed by atoms with E-state index < -0.39 is 8.32 Å². The Kier molecular flexibility index (Phi) is 4.14. The molecule has 0 unspecified atom stereocenters. The van der Waals surface area contributed by atoms with Gasteiger partial charge < -0.3 is 4.43 Å². The molecule has 0 bridgehead atoms. The van der Waals surface area contributed by atoms with Gasteiger partial charge in [0.25, 0.3) is 0 Å².